The highest BCUT2D eigenvalue weighted by Crippen LogP contribution is 2.16. The molecule has 8 heteroatoms. The summed E-state index contributed by atoms with van der Waals surface area (Å²) in [5, 5.41) is 8.59. The number of hydrogen-bond acceptors (Lipinski definition) is 5. The van der Waals surface area contributed by atoms with Crippen LogP contribution in [0.2, 0.25) is 0 Å². The second-order valence-corrected chi connectivity index (χ2v) is 5.76. The number of nitrogens with zero attached hydrogens (tertiary/aromatic N) is 4. The van der Waals surface area contributed by atoms with Crippen LogP contribution >= 0.6 is 11.8 Å². The Morgan fingerprint density at radius 2 is 2.14 bits per heavy atom. The van der Waals surface area contributed by atoms with Crippen molar-refractivity contribution in [1.82, 2.24) is 24.4 Å². The van der Waals surface area contributed by atoms with Crippen LogP contribution in [-0.2, 0) is 6.54 Å². The van der Waals surface area contributed by atoms with Crippen LogP contribution in [0.25, 0.3) is 11.0 Å². The van der Waals surface area contributed by atoms with Gasteiger partial charge >= 0.3 is 5.69 Å². The predicted molar refractivity (Wildman–Crippen MR) is 82.8 cm³/mol. The molecule has 1 aromatic carbocycles. The van der Waals surface area contributed by atoms with Crippen LogP contribution in [0.4, 0.5) is 0 Å². The Morgan fingerprint density at radius 3 is 2.90 bits per heavy atom. The van der Waals surface area contributed by atoms with E-state index in [0.717, 1.165) is 23.2 Å². The summed E-state index contributed by atoms with van der Waals surface area (Å²) in [4.78, 5) is 14.8. The first-order valence-corrected chi connectivity index (χ1v) is 7.63. The molecule has 0 atom stereocenters. The molecule has 0 amide bonds. The van der Waals surface area contributed by atoms with Gasteiger partial charge in [0.2, 0.25) is 5.16 Å². The monoisotopic (exact) mass is 304 g/mol. The molecule has 3 rings (SSSR count). The highest BCUT2D eigenvalue weighted by atomic mass is 32.2. The van der Waals surface area contributed by atoms with Crippen LogP contribution in [0.1, 0.15) is 12.2 Å². The first-order chi connectivity index (χ1) is 10.2. The molecule has 0 aliphatic rings. The molecule has 0 aliphatic carbocycles. The third-order valence-electron chi connectivity index (χ3n) is 3.27. The van der Waals surface area contributed by atoms with Crippen LogP contribution < -0.4 is 11.5 Å². The number of fused-ring (bicyclic) bond motifs is 1. The molecular weight excluding hydrogens is 288 g/mol. The number of nitrogens with two attached hydrogens (primary N) is 1. The van der Waals surface area contributed by atoms with Gasteiger partial charge in [0.25, 0.3) is 0 Å². The number of para-hydroxylation sites is 2. The minimum atomic E-state index is -0.0703. The minimum Gasteiger partial charge on any atom is -0.336 e. The Labute approximate surface area is 125 Å². The number of aromatic nitrogens is 5. The zero-order valence-electron chi connectivity index (χ0n) is 11.6. The third kappa shape index (κ3) is 2.66. The fraction of sp³-hybridized carbons (Fsp3) is 0.308. The van der Waals surface area contributed by atoms with Gasteiger partial charge in [0.05, 0.1) is 11.0 Å². The lowest BCUT2D eigenvalue weighted by Crippen LogP contribution is -2.17. The molecule has 0 radical (unpaired) electrons. The van der Waals surface area contributed by atoms with Gasteiger partial charge in [0.15, 0.2) is 0 Å². The average Bonchev–Trinajstić information content (AvgIpc) is 2.97. The van der Waals surface area contributed by atoms with E-state index < -0.39 is 0 Å². The van der Waals surface area contributed by atoms with E-state index in [2.05, 4.69) is 15.2 Å². The van der Waals surface area contributed by atoms with Gasteiger partial charge in [0, 0.05) is 12.3 Å². The molecular formula is C13H16N6OS. The van der Waals surface area contributed by atoms with Crippen molar-refractivity contribution in [2.45, 2.75) is 25.0 Å². The molecule has 110 valence electrons. The molecule has 2 aromatic heterocycles. The lowest BCUT2D eigenvalue weighted by Gasteiger charge is -2.03. The SMILES string of the molecule is Cc1nnc(SCCCn2c(=O)[nH]c3ccccc32)n1N. The maximum Gasteiger partial charge on any atom is 0.326 e. The molecule has 0 saturated heterocycles. The normalized spacial score (nSPS) is 11.3. The Balaban J connectivity index is 1.63. The molecule has 21 heavy (non-hydrogen) atoms. The number of nitrogen functional groups attached to an aromatic ring is 1. The van der Waals surface area contributed by atoms with Crippen molar-refractivity contribution in [3.8, 4) is 0 Å². The van der Waals surface area contributed by atoms with Crippen molar-refractivity contribution < 1.29 is 0 Å². The molecule has 3 aromatic rings. The molecule has 0 unspecified atom stereocenters. The quantitative estimate of drug-likeness (QED) is 0.418. The number of thioether (sulfide) groups is 1. The van der Waals surface area contributed by atoms with Crippen LogP contribution in [0.15, 0.2) is 34.2 Å². The number of benzene rings is 1. The zero-order valence-corrected chi connectivity index (χ0v) is 12.4. The number of hydrogen-bond donors (Lipinski definition) is 2. The van der Waals surface area contributed by atoms with Gasteiger partial charge < -0.3 is 10.8 Å². The third-order valence-corrected chi connectivity index (χ3v) is 4.30. The van der Waals surface area contributed by atoms with E-state index in [1.54, 1.807) is 4.57 Å². The second-order valence-electron chi connectivity index (χ2n) is 4.70. The number of aryl methyl sites for hydroxylation is 2. The van der Waals surface area contributed by atoms with E-state index in [9.17, 15) is 4.79 Å². The fourth-order valence-corrected chi connectivity index (χ4v) is 2.99. The number of aromatic amines is 1. The van der Waals surface area contributed by atoms with Crippen molar-refractivity contribution in [1.29, 1.82) is 0 Å². The Bertz CT molecular complexity index is 818. The van der Waals surface area contributed by atoms with E-state index in [1.165, 1.54) is 16.4 Å². The largest absolute Gasteiger partial charge is 0.336 e. The van der Waals surface area contributed by atoms with E-state index >= 15 is 0 Å². The Morgan fingerprint density at radius 1 is 1.33 bits per heavy atom. The summed E-state index contributed by atoms with van der Waals surface area (Å²) in [5.41, 5.74) is 1.73. The fourth-order valence-electron chi connectivity index (χ4n) is 2.16. The van der Waals surface area contributed by atoms with Gasteiger partial charge in [-0.3, -0.25) is 4.57 Å². The number of H-pyrrole nitrogens is 1. The molecule has 0 saturated carbocycles. The van der Waals surface area contributed by atoms with Crippen LogP contribution in [0.5, 0.6) is 0 Å². The average molecular weight is 304 g/mol. The molecule has 0 fully saturated rings. The number of rotatable bonds is 5. The van der Waals surface area contributed by atoms with Gasteiger partial charge in [-0.2, -0.15) is 0 Å². The summed E-state index contributed by atoms with van der Waals surface area (Å²) in [7, 11) is 0. The van der Waals surface area contributed by atoms with E-state index in [0.29, 0.717) is 17.5 Å². The van der Waals surface area contributed by atoms with E-state index in [1.807, 2.05) is 31.2 Å². The first kappa shape index (κ1) is 13.7. The molecule has 0 bridgehead atoms. The zero-order chi connectivity index (χ0) is 14.8. The smallest absolute Gasteiger partial charge is 0.326 e. The van der Waals surface area contributed by atoms with Crippen molar-refractivity contribution in [2.24, 2.45) is 0 Å². The predicted octanol–water partition coefficient (Wildman–Crippen LogP) is 1.13. The van der Waals surface area contributed by atoms with Crippen LogP contribution in [0, 0.1) is 6.92 Å². The van der Waals surface area contributed by atoms with Gasteiger partial charge in [-0.05, 0) is 25.5 Å². The van der Waals surface area contributed by atoms with E-state index in [4.69, 9.17) is 5.84 Å². The lowest BCUT2D eigenvalue weighted by molar-refractivity contribution is 0.678. The summed E-state index contributed by atoms with van der Waals surface area (Å²) in [6.45, 7) is 2.47. The minimum absolute atomic E-state index is 0.0703. The first-order valence-electron chi connectivity index (χ1n) is 6.64. The maximum atomic E-state index is 11.9. The number of imidazole rings is 1. The molecule has 2 heterocycles. The van der Waals surface area contributed by atoms with Gasteiger partial charge in [-0.25, -0.2) is 9.47 Å². The highest BCUT2D eigenvalue weighted by Gasteiger charge is 2.08. The van der Waals surface area contributed by atoms with E-state index in [-0.39, 0.29) is 5.69 Å². The summed E-state index contributed by atoms with van der Waals surface area (Å²) < 4.78 is 3.23. The van der Waals surface area contributed by atoms with Crippen LogP contribution in [0.3, 0.4) is 0 Å². The second kappa shape index (κ2) is 5.65. The topological polar surface area (TPSA) is 94.5 Å². The van der Waals surface area contributed by atoms with Crippen LogP contribution in [-0.4, -0.2) is 30.2 Å². The summed E-state index contributed by atoms with van der Waals surface area (Å²) in [5.74, 6) is 7.29. The molecule has 0 aliphatic heterocycles. The Kier molecular flexibility index (Phi) is 3.70. The van der Waals surface area contributed by atoms with Crippen molar-refractivity contribution in [2.75, 3.05) is 11.6 Å². The summed E-state index contributed by atoms with van der Waals surface area (Å²) in [6, 6.07) is 7.69. The number of nitrogens with one attached hydrogen (secondary N) is 1. The van der Waals surface area contributed by atoms with Gasteiger partial charge in [-0.1, -0.05) is 23.9 Å². The summed E-state index contributed by atoms with van der Waals surface area (Å²) >= 11 is 1.54. The lowest BCUT2D eigenvalue weighted by atomic mass is 10.3. The maximum absolute atomic E-state index is 11.9. The molecule has 0 spiro atoms. The molecule has 7 nitrogen and oxygen atoms in total. The summed E-state index contributed by atoms with van der Waals surface area (Å²) in [6.07, 6.45) is 0.846. The van der Waals surface area contributed by atoms with Gasteiger partial charge in [-0.15, -0.1) is 10.2 Å². The standard InChI is InChI=1S/C13H16N6OS/c1-9-16-17-13(19(9)14)21-8-4-7-18-11-6-3-2-5-10(11)15-12(18)20/h2-3,5-6H,4,7-8,14H2,1H3,(H,15,20). The van der Waals surface area contributed by atoms with Crippen molar-refractivity contribution in [3.05, 3.63) is 40.6 Å². The van der Waals surface area contributed by atoms with Crippen molar-refractivity contribution >= 4 is 22.8 Å². The van der Waals surface area contributed by atoms with Crippen molar-refractivity contribution in [3.63, 3.8) is 0 Å². The van der Waals surface area contributed by atoms with Gasteiger partial charge in [0.1, 0.15) is 5.82 Å². The Hall–Kier alpha value is -2.22. The molecule has 3 N–H and O–H groups in total. The highest BCUT2D eigenvalue weighted by molar-refractivity contribution is 7.99.